The first kappa shape index (κ1) is 14.1. The third-order valence-electron chi connectivity index (χ3n) is 4.05. The van der Waals surface area contributed by atoms with Crippen molar-refractivity contribution in [1.29, 1.82) is 0 Å². The Labute approximate surface area is 113 Å². The van der Waals surface area contributed by atoms with Crippen molar-refractivity contribution in [2.75, 3.05) is 18.5 Å². The zero-order valence-corrected chi connectivity index (χ0v) is 11.7. The second-order valence-electron chi connectivity index (χ2n) is 5.80. The van der Waals surface area contributed by atoms with Crippen LogP contribution in [0.4, 0.5) is 5.82 Å². The summed E-state index contributed by atoms with van der Waals surface area (Å²) in [6.45, 7) is 4.73. The van der Waals surface area contributed by atoms with Gasteiger partial charge in [0.15, 0.2) is 5.82 Å². The van der Waals surface area contributed by atoms with Crippen molar-refractivity contribution < 1.29 is 5.11 Å². The fourth-order valence-electron chi connectivity index (χ4n) is 2.74. The van der Waals surface area contributed by atoms with Crippen LogP contribution in [0.5, 0.6) is 0 Å². The van der Waals surface area contributed by atoms with E-state index in [1.54, 1.807) is 17.0 Å². The minimum atomic E-state index is -0.0939. The molecule has 0 bridgehead atoms. The molecule has 0 radical (unpaired) electrons. The van der Waals surface area contributed by atoms with Crippen LogP contribution in [0.25, 0.3) is 0 Å². The van der Waals surface area contributed by atoms with Crippen molar-refractivity contribution in [3.63, 3.8) is 0 Å². The van der Waals surface area contributed by atoms with Crippen LogP contribution in [-0.2, 0) is 0 Å². The molecule has 0 atom stereocenters. The smallest absolute Gasteiger partial charge is 0.293 e. The number of aliphatic hydroxyl groups is 1. The third kappa shape index (κ3) is 2.97. The molecule has 2 rings (SSSR count). The van der Waals surface area contributed by atoms with E-state index in [9.17, 15) is 9.90 Å². The Balaban J connectivity index is 2.11. The number of aromatic nitrogens is 2. The van der Waals surface area contributed by atoms with Gasteiger partial charge in [0, 0.05) is 30.4 Å². The van der Waals surface area contributed by atoms with Crippen LogP contribution >= 0.6 is 0 Å². The lowest BCUT2D eigenvalue weighted by molar-refractivity contribution is 0.142. The van der Waals surface area contributed by atoms with E-state index in [0.29, 0.717) is 12.4 Å². The number of nitrogens with one attached hydrogen (secondary N) is 1. The van der Waals surface area contributed by atoms with Crippen LogP contribution in [0.2, 0.25) is 0 Å². The molecule has 106 valence electrons. The average Bonchev–Trinajstić information content (AvgIpc) is 2.87. The Morgan fingerprint density at radius 2 is 2.16 bits per heavy atom. The lowest BCUT2D eigenvalue weighted by atomic mass is 9.87. The summed E-state index contributed by atoms with van der Waals surface area (Å²) in [5.74, 6) is 0.385. The normalized spacial score (nSPS) is 17.9. The summed E-state index contributed by atoms with van der Waals surface area (Å²) in [5, 5.41) is 12.7. The van der Waals surface area contributed by atoms with Gasteiger partial charge in [0.25, 0.3) is 5.56 Å². The predicted octanol–water partition coefficient (Wildman–Crippen LogP) is 1.79. The second-order valence-corrected chi connectivity index (χ2v) is 5.80. The van der Waals surface area contributed by atoms with E-state index in [-0.39, 0.29) is 23.6 Å². The minimum absolute atomic E-state index is 0.0768. The van der Waals surface area contributed by atoms with Crippen molar-refractivity contribution in [3.05, 3.63) is 22.7 Å². The molecule has 5 nitrogen and oxygen atoms in total. The lowest BCUT2D eigenvalue weighted by Crippen LogP contribution is -2.34. The maximum atomic E-state index is 12.2. The maximum Gasteiger partial charge on any atom is 0.293 e. The highest BCUT2D eigenvalue weighted by molar-refractivity contribution is 5.31. The largest absolute Gasteiger partial charge is 0.396 e. The van der Waals surface area contributed by atoms with Crippen LogP contribution in [0.1, 0.15) is 45.6 Å². The molecule has 2 N–H and O–H groups in total. The van der Waals surface area contributed by atoms with E-state index in [4.69, 9.17) is 0 Å². The molecule has 0 amide bonds. The molecule has 1 saturated carbocycles. The predicted molar refractivity (Wildman–Crippen MR) is 75.4 cm³/mol. The number of anilines is 1. The zero-order valence-electron chi connectivity index (χ0n) is 11.7. The van der Waals surface area contributed by atoms with Gasteiger partial charge >= 0.3 is 0 Å². The van der Waals surface area contributed by atoms with Crippen molar-refractivity contribution in [1.82, 2.24) is 9.55 Å². The molecule has 5 heteroatoms. The zero-order chi connectivity index (χ0) is 13.9. The first-order valence-corrected chi connectivity index (χ1v) is 7.00. The molecule has 0 unspecified atom stereocenters. The molecular formula is C14H23N3O2. The molecule has 19 heavy (non-hydrogen) atoms. The number of nitrogens with zero attached hydrogens (tertiary/aromatic N) is 2. The Morgan fingerprint density at radius 1 is 1.47 bits per heavy atom. The van der Waals surface area contributed by atoms with E-state index in [1.165, 1.54) is 0 Å². The van der Waals surface area contributed by atoms with E-state index in [2.05, 4.69) is 10.3 Å². The Hall–Kier alpha value is -1.36. The summed E-state index contributed by atoms with van der Waals surface area (Å²) in [6.07, 6.45) is 7.68. The molecule has 1 heterocycles. The molecule has 0 spiro atoms. The molecule has 1 aromatic rings. The van der Waals surface area contributed by atoms with Crippen LogP contribution < -0.4 is 10.9 Å². The minimum Gasteiger partial charge on any atom is -0.396 e. The van der Waals surface area contributed by atoms with Gasteiger partial charge in [-0.2, -0.15) is 0 Å². The highest BCUT2D eigenvalue weighted by Gasteiger charge is 2.33. The summed E-state index contributed by atoms with van der Waals surface area (Å²) in [7, 11) is 0. The molecule has 1 aromatic heterocycles. The molecular weight excluding hydrogens is 242 g/mol. The van der Waals surface area contributed by atoms with Crippen molar-refractivity contribution >= 4 is 5.82 Å². The SMILES string of the molecule is CC(C)n1ccnc(NCC2(CO)CCCC2)c1=O. The van der Waals surface area contributed by atoms with E-state index < -0.39 is 0 Å². The first-order valence-electron chi connectivity index (χ1n) is 7.00. The number of rotatable bonds is 5. The van der Waals surface area contributed by atoms with Crippen LogP contribution in [0, 0.1) is 5.41 Å². The van der Waals surface area contributed by atoms with Gasteiger partial charge in [0.2, 0.25) is 0 Å². The average molecular weight is 265 g/mol. The molecule has 1 aliphatic carbocycles. The van der Waals surface area contributed by atoms with Gasteiger partial charge in [-0.05, 0) is 26.7 Å². The van der Waals surface area contributed by atoms with Crippen molar-refractivity contribution in [3.8, 4) is 0 Å². The fourth-order valence-corrected chi connectivity index (χ4v) is 2.74. The Kier molecular flexibility index (Phi) is 4.24. The molecule has 1 aliphatic rings. The van der Waals surface area contributed by atoms with Gasteiger partial charge < -0.3 is 15.0 Å². The first-order chi connectivity index (χ1) is 9.08. The Bertz CT molecular complexity index is 476. The topological polar surface area (TPSA) is 67.2 Å². The van der Waals surface area contributed by atoms with Crippen LogP contribution in [-0.4, -0.2) is 27.8 Å². The summed E-state index contributed by atoms with van der Waals surface area (Å²) < 4.78 is 1.66. The number of hydrogen-bond acceptors (Lipinski definition) is 4. The van der Waals surface area contributed by atoms with Gasteiger partial charge in [-0.15, -0.1) is 0 Å². The highest BCUT2D eigenvalue weighted by Crippen LogP contribution is 2.37. The maximum absolute atomic E-state index is 12.2. The fraction of sp³-hybridized carbons (Fsp3) is 0.714. The van der Waals surface area contributed by atoms with E-state index >= 15 is 0 Å². The lowest BCUT2D eigenvalue weighted by Gasteiger charge is -2.26. The monoisotopic (exact) mass is 265 g/mol. The van der Waals surface area contributed by atoms with Crippen molar-refractivity contribution in [2.24, 2.45) is 5.41 Å². The highest BCUT2D eigenvalue weighted by atomic mass is 16.3. The summed E-state index contributed by atoms with van der Waals surface area (Å²) in [4.78, 5) is 16.3. The molecule has 1 fully saturated rings. The number of hydrogen-bond donors (Lipinski definition) is 2. The van der Waals surface area contributed by atoms with E-state index in [1.807, 2.05) is 13.8 Å². The summed E-state index contributed by atoms with van der Waals surface area (Å²) >= 11 is 0. The van der Waals surface area contributed by atoms with Gasteiger partial charge in [0.1, 0.15) is 0 Å². The van der Waals surface area contributed by atoms with Crippen LogP contribution in [0.3, 0.4) is 0 Å². The summed E-state index contributed by atoms with van der Waals surface area (Å²) in [6, 6.07) is 0.120. The molecule has 0 aromatic carbocycles. The third-order valence-corrected chi connectivity index (χ3v) is 4.05. The second kappa shape index (κ2) is 5.74. The number of aliphatic hydroxyl groups excluding tert-OH is 1. The van der Waals surface area contributed by atoms with Gasteiger partial charge in [-0.25, -0.2) is 4.98 Å². The van der Waals surface area contributed by atoms with Crippen LogP contribution in [0.15, 0.2) is 17.2 Å². The summed E-state index contributed by atoms with van der Waals surface area (Å²) in [5.41, 5.74) is -0.171. The molecule has 0 aliphatic heterocycles. The molecule has 0 saturated heterocycles. The quantitative estimate of drug-likeness (QED) is 0.851. The van der Waals surface area contributed by atoms with Gasteiger partial charge in [-0.3, -0.25) is 4.79 Å². The Morgan fingerprint density at radius 3 is 2.74 bits per heavy atom. The van der Waals surface area contributed by atoms with Crippen molar-refractivity contribution in [2.45, 2.75) is 45.6 Å². The standard InChI is InChI=1S/C14H23N3O2/c1-11(2)17-8-7-15-12(13(17)19)16-9-14(10-18)5-3-4-6-14/h7-8,11,18H,3-6,9-10H2,1-2H3,(H,15,16). The van der Waals surface area contributed by atoms with E-state index in [0.717, 1.165) is 25.7 Å². The van der Waals surface area contributed by atoms with Gasteiger partial charge in [-0.1, -0.05) is 12.8 Å². The van der Waals surface area contributed by atoms with Gasteiger partial charge in [0.05, 0.1) is 6.61 Å².